The van der Waals surface area contributed by atoms with Crippen molar-refractivity contribution in [3.05, 3.63) is 60.2 Å². The van der Waals surface area contributed by atoms with Crippen molar-refractivity contribution >= 4 is 11.7 Å². The van der Waals surface area contributed by atoms with Crippen LogP contribution in [0.2, 0.25) is 0 Å². The van der Waals surface area contributed by atoms with Crippen molar-refractivity contribution in [1.82, 2.24) is 0 Å². The molecular weight excluding hydrogens is 268 g/mol. The number of nitrogens with zero attached hydrogens (tertiary/aromatic N) is 1. The van der Waals surface area contributed by atoms with Gasteiger partial charge >= 0.3 is 5.97 Å². The van der Waals surface area contributed by atoms with Crippen LogP contribution < -0.4 is 15.6 Å². The molecule has 0 spiro atoms. The molecule has 21 heavy (non-hydrogen) atoms. The quantitative estimate of drug-likeness (QED) is 0.500. The number of benzene rings is 2. The molecule has 0 radical (unpaired) electrons. The molecule has 0 aromatic heterocycles. The fraction of sp³-hybridized carbons (Fsp3) is 0.188. The fourth-order valence-electron chi connectivity index (χ4n) is 1.79. The van der Waals surface area contributed by atoms with E-state index in [4.69, 9.17) is 10.6 Å². The number of hydrogen-bond donors (Lipinski definition) is 1. The van der Waals surface area contributed by atoms with E-state index < -0.39 is 5.97 Å². The molecular formula is C16H18N2O3. The lowest BCUT2D eigenvalue weighted by Crippen LogP contribution is -2.36. The van der Waals surface area contributed by atoms with Crippen LogP contribution in [0.15, 0.2) is 54.6 Å². The molecule has 0 aliphatic heterocycles. The summed E-state index contributed by atoms with van der Waals surface area (Å²) in [7, 11) is 1.33. The molecule has 5 heteroatoms. The second-order valence-electron chi connectivity index (χ2n) is 4.48. The van der Waals surface area contributed by atoms with E-state index in [0.29, 0.717) is 18.0 Å². The van der Waals surface area contributed by atoms with Crippen molar-refractivity contribution in [2.24, 2.45) is 5.84 Å². The van der Waals surface area contributed by atoms with Crippen molar-refractivity contribution in [2.75, 3.05) is 18.7 Å². The number of carbonyl (C=O) groups is 1. The van der Waals surface area contributed by atoms with Gasteiger partial charge in [0.1, 0.15) is 18.9 Å². The van der Waals surface area contributed by atoms with E-state index >= 15 is 0 Å². The highest BCUT2D eigenvalue weighted by Crippen LogP contribution is 2.20. The zero-order chi connectivity index (χ0) is 15.1. The van der Waals surface area contributed by atoms with E-state index in [-0.39, 0.29) is 6.54 Å². The van der Waals surface area contributed by atoms with Crippen molar-refractivity contribution in [2.45, 2.75) is 6.61 Å². The Labute approximate surface area is 123 Å². The topological polar surface area (TPSA) is 64.8 Å². The van der Waals surface area contributed by atoms with Gasteiger partial charge < -0.3 is 9.47 Å². The Morgan fingerprint density at radius 1 is 1.14 bits per heavy atom. The Bertz CT molecular complexity index is 587. The molecule has 110 valence electrons. The van der Waals surface area contributed by atoms with Crippen LogP contribution in [-0.2, 0) is 16.1 Å². The monoisotopic (exact) mass is 286 g/mol. The molecule has 2 aromatic rings. The molecule has 0 amide bonds. The summed E-state index contributed by atoms with van der Waals surface area (Å²) in [6.07, 6.45) is 0. The number of carbonyl (C=O) groups excluding carboxylic acids is 1. The summed E-state index contributed by atoms with van der Waals surface area (Å²) in [6.45, 7) is 0.463. The lowest BCUT2D eigenvalue weighted by atomic mass is 10.2. The SMILES string of the molecule is COC(=O)CN(N)c1cccc(OCc2ccccc2)c1. The van der Waals surface area contributed by atoms with Gasteiger partial charge in [-0.1, -0.05) is 36.4 Å². The third-order valence-corrected chi connectivity index (χ3v) is 2.92. The van der Waals surface area contributed by atoms with Gasteiger partial charge in [-0.15, -0.1) is 0 Å². The van der Waals surface area contributed by atoms with Crippen LogP contribution in [0.3, 0.4) is 0 Å². The molecule has 0 unspecified atom stereocenters. The number of hydrazine groups is 1. The maximum absolute atomic E-state index is 11.2. The highest BCUT2D eigenvalue weighted by Gasteiger charge is 2.08. The summed E-state index contributed by atoms with van der Waals surface area (Å²) in [6, 6.07) is 17.1. The lowest BCUT2D eigenvalue weighted by Gasteiger charge is -2.18. The number of esters is 1. The first-order chi connectivity index (χ1) is 10.2. The van der Waals surface area contributed by atoms with Gasteiger partial charge in [-0.2, -0.15) is 0 Å². The molecule has 2 aromatic carbocycles. The summed E-state index contributed by atoms with van der Waals surface area (Å²) < 4.78 is 10.3. The maximum atomic E-state index is 11.2. The number of ether oxygens (including phenoxy) is 2. The number of nitrogens with two attached hydrogens (primary N) is 1. The Balaban J connectivity index is 1.99. The highest BCUT2D eigenvalue weighted by molar-refractivity contribution is 5.75. The minimum Gasteiger partial charge on any atom is -0.489 e. The Morgan fingerprint density at radius 3 is 2.62 bits per heavy atom. The average Bonchev–Trinajstić information content (AvgIpc) is 2.54. The van der Waals surface area contributed by atoms with Crippen LogP contribution in [-0.4, -0.2) is 19.6 Å². The fourth-order valence-corrected chi connectivity index (χ4v) is 1.79. The Kier molecular flexibility index (Phi) is 5.17. The van der Waals surface area contributed by atoms with E-state index in [0.717, 1.165) is 5.56 Å². The Hall–Kier alpha value is -2.53. The third kappa shape index (κ3) is 4.50. The molecule has 0 fully saturated rings. The summed E-state index contributed by atoms with van der Waals surface area (Å²) in [5.41, 5.74) is 1.77. The molecule has 0 heterocycles. The number of anilines is 1. The van der Waals surface area contributed by atoms with Crippen LogP contribution in [0.4, 0.5) is 5.69 Å². The van der Waals surface area contributed by atoms with Crippen LogP contribution in [0.5, 0.6) is 5.75 Å². The normalized spacial score (nSPS) is 10.0. The van der Waals surface area contributed by atoms with Gasteiger partial charge in [0.25, 0.3) is 0 Å². The first-order valence-corrected chi connectivity index (χ1v) is 6.55. The maximum Gasteiger partial charge on any atom is 0.326 e. The first kappa shape index (κ1) is 14.9. The minimum absolute atomic E-state index is 0.0152. The van der Waals surface area contributed by atoms with Crippen molar-refractivity contribution < 1.29 is 14.3 Å². The van der Waals surface area contributed by atoms with Gasteiger partial charge in [0.2, 0.25) is 0 Å². The van der Waals surface area contributed by atoms with E-state index in [1.54, 1.807) is 12.1 Å². The Morgan fingerprint density at radius 2 is 1.90 bits per heavy atom. The summed E-state index contributed by atoms with van der Waals surface area (Å²) in [5, 5.41) is 1.32. The van der Waals surface area contributed by atoms with Gasteiger partial charge in [-0.25, -0.2) is 5.84 Å². The second-order valence-corrected chi connectivity index (χ2v) is 4.48. The summed E-state index contributed by atoms with van der Waals surface area (Å²) >= 11 is 0. The molecule has 0 aliphatic rings. The average molecular weight is 286 g/mol. The predicted molar refractivity (Wildman–Crippen MR) is 80.8 cm³/mol. The van der Waals surface area contributed by atoms with Crippen LogP contribution in [0.25, 0.3) is 0 Å². The van der Waals surface area contributed by atoms with Gasteiger partial charge in [-0.05, 0) is 17.7 Å². The van der Waals surface area contributed by atoms with Crippen molar-refractivity contribution in [3.8, 4) is 5.75 Å². The smallest absolute Gasteiger partial charge is 0.326 e. The zero-order valence-corrected chi connectivity index (χ0v) is 11.9. The largest absolute Gasteiger partial charge is 0.489 e. The molecule has 0 bridgehead atoms. The molecule has 0 atom stereocenters. The first-order valence-electron chi connectivity index (χ1n) is 6.55. The molecule has 0 saturated carbocycles. The minimum atomic E-state index is -0.395. The molecule has 0 saturated heterocycles. The van der Waals surface area contributed by atoms with E-state index in [2.05, 4.69) is 4.74 Å². The van der Waals surface area contributed by atoms with Crippen LogP contribution >= 0.6 is 0 Å². The van der Waals surface area contributed by atoms with Gasteiger partial charge in [0.05, 0.1) is 12.8 Å². The summed E-state index contributed by atoms with van der Waals surface area (Å²) in [5.74, 6) is 6.12. The standard InChI is InChI=1S/C16H18N2O3/c1-20-16(19)11-18(17)14-8-5-9-15(10-14)21-12-13-6-3-2-4-7-13/h2-10H,11-12,17H2,1H3. The second kappa shape index (κ2) is 7.31. The van der Waals surface area contributed by atoms with E-state index in [1.807, 2.05) is 42.5 Å². The van der Waals surface area contributed by atoms with Gasteiger partial charge in [-0.3, -0.25) is 9.80 Å². The number of rotatable bonds is 6. The zero-order valence-electron chi connectivity index (χ0n) is 11.9. The predicted octanol–water partition coefficient (Wildman–Crippen LogP) is 2.12. The molecule has 2 N–H and O–H groups in total. The number of methoxy groups -OCH3 is 1. The van der Waals surface area contributed by atoms with E-state index in [1.165, 1.54) is 12.1 Å². The lowest BCUT2D eigenvalue weighted by molar-refractivity contribution is -0.138. The highest BCUT2D eigenvalue weighted by atomic mass is 16.5. The van der Waals surface area contributed by atoms with E-state index in [9.17, 15) is 4.79 Å². The van der Waals surface area contributed by atoms with Crippen molar-refractivity contribution in [1.29, 1.82) is 0 Å². The molecule has 2 rings (SSSR count). The summed E-state index contributed by atoms with van der Waals surface area (Å²) in [4.78, 5) is 11.2. The number of hydrogen-bond acceptors (Lipinski definition) is 5. The van der Waals surface area contributed by atoms with Crippen LogP contribution in [0.1, 0.15) is 5.56 Å². The van der Waals surface area contributed by atoms with Crippen molar-refractivity contribution in [3.63, 3.8) is 0 Å². The van der Waals surface area contributed by atoms with Gasteiger partial charge in [0, 0.05) is 6.07 Å². The third-order valence-electron chi connectivity index (χ3n) is 2.92. The molecule has 0 aliphatic carbocycles. The van der Waals surface area contributed by atoms with Gasteiger partial charge in [0.15, 0.2) is 0 Å². The molecule has 5 nitrogen and oxygen atoms in total. The van der Waals surface area contributed by atoms with Crippen LogP contribution in [0, 0.1) is 0 Å².